The lowest BCUT2D eigenvalue weighted by Crippen LogP contribution is -2.32. The van der Waals surface area contributed by atoms with E-state index in [1.165, 1.54) is 0 Å². The quantitative estimate of drug-likeness (QED) is 0.440. The number of hydrogen-bond donors (Lipinski definition) is 0. The maximum Gasteiger partial charge on any atom is 0.352 e. The molecule has 0 aromatic rings. The number of rotatable bonds is 3. The average Bonchev–Trinajstić information content (AvgIpc) is 2.36. The normalized spacial score (nSPS) is 16.2. The Morgan fingerprint density at radius 1 is 1.46 bits per heavy atom. The SMILES string of the molecule is [N-]=NCC(=O)ON1C(=O)CCC1=O. The van der Waals surface area contributed by atoms with Crippen molar-refractivity contribution in [3.8, 4) is 0 Å². The van der Waals surface area contributed by atoms with E-state index in [0.29, 0.717) is 5.06 Å². The van der Waals surface area contributed by atoms with Crippen LogP contribution < -0.4 is 0 Å². The van der Waals surface area contributed by atoms with Gasteiger partial charge in [-0.2, -0.15) is 0 Å². The Hall–Kier alpha value is -1.79. The van der Waals surface area contributed by atoms with E-state index in [2.05, 4.69) is 9.95 Å². The predicted molar refractivity (Wildman–Crippen MR) is 37.8 cm³/mol. The summed E-state index contributed by atoms with van der Waals surface area (Å²) in [6, 6.07) is 0. The van der Waals surface area contributed by atoms with Gasteiger partial charge in [-0.3, -0.25) is 9.59 Å². The van der Waals surface area contributed by atoms with E-state index in [-0.39, 0.29) is 12.8 Å². The first-order chi connectivity index (χ1) is 6.15. The number of hydroxylamine groups is 2. The molecular formula is C6H6N3O4-. The van der Waals surface area contributed by atoms with E-state index >= 15 is 0 Å². The summed E-state index contributed by atoms with van der Waals surface area (Å²) in [6.45, 7) is -0.600. The minimum Gasteiger partial charge on any atom is -0.711 e. The molecule has 0 atom stereocenters. The third kappa shape index (κ3) is 2.08. The highest BCUT2D eigenvalue weighted by molar-refractivity contribution is 6.01. The molecule has 0 spiro atoms. The molecule has 1 fully saturated rings. The molecule has 0 saturated carbocycles. The van der Waals surface area contributed by atoms with Crippen LogP contribution in [0.1, 0.15) is 12.8 Å². The molecule has 7 heteroatoms. The van der Waals surface area contributed by atoms with E-state index in [4.69, 9.17) is 5.53 Å². The lowest BCUT2D eigenvalue weighted by atomic mass is 10.4. The van der Waals surface area contributed by atoms with E-state index in [9.17, 15) is 14.4 Å². The highest BCUT2D eigenvalue weighted by atomic mass is 16.7. The second kappa shape index (κ2) is 3.74. The van der Waals surface area contributed by atoms with E-state index in [1.54, 1.807) is 0 Å². The molecule has 0 aromatic heterocycles. The van der Waals surface area contributed by atoms with Crippen LogP contribution in [0.2, 0.25) is 0 Å². The monoisotopic (exact) mass is 184 g/mol. The lowest BCUT2D eigenvalue weighted by molar-refractivity contribution is -0.196. The fourth-order valence-corrected chi connectivity index (χ4v) is 0.846. The summed E-state index contributed by atoms with van der Waals surface area (Å²) in [7, 11) is 0. The van der Waals surface area contributed by atoms with Crippen LogP contribution in [0.4, 0.5) is 0 Å². The minimum absolute atomic E-state index is 0.0440. The van der Waals surface area contributed by atoms with Gasteiger partial charge >= 0.3 is 5.97 Å². The highest BCUT2D eigenvalue weighted by Crippen LogP contribution is 2.11. The maximum atomic E-state index is 10.9. The van der Waals surface area contributed by atoms with Crippen LogP contribution in [-0.2, 0) is 19.2 Å². The summed E-state index contributed by atoms with van der Waals surface area (Å²) in [4.78, 5) is 36.7. The molecule has 0 bridgehead atoms. The zero-order chi connectivity index (χ0) is 9.84. The largest absolute Gasteiger partial charge is 0.711 e. The van der Waals surface area contributed by atoms with Gasteiger partial charge in [0.2, 0.25) is 0 Å². The minimum atomic E-state index is -0.953. The van der Waals surface area contributed by atoms with Crippen molar-refractivity contribution >= 4 is 17.8 Å². The molecule has 0 aliphatic carbocycles. The van der Waals surface area contributed by atoms with Crippen molar-refractivity contribution < 1.29 is 19.2 Å². The van der Waals surface area contributed by atoms with Gasteiger partial charge in [0.1, 0.15) is 6.54 Å². The molecule has 1 aliphatic rings. The molecule has 2 amide bonds. The molecule has 1 rings (SSSR count). The summed E-state index contributed by atoms with van der Waals surface area (Å²) >= 11 is 0. The fourth-order valence-electron chi connectivity index (χ4n) is 0.846. The van der Waals surface area contributed by atoms with Crippen molar-refractivity contribution in [2.75, 3.05) is 6.54 Å². The summed E-state index contributed by atoms with van der Waals surface area (Å²) in [5.41, 5.74) is 7.98. The van der Waals surface area contributed by atoms with Crippen LogP contribution in [0.3, 0.4) is 0 Å². The number of carbonyl (C=O) groups excluding carboxylic acids is 3. The number of amides is 2. The summed E-state index contributed by atoms with van der Waals surface area (Å²) < 4.78 is 0. The van der Waals surface area contributed by atoms with E-state index in [1.807, 2.05) is 0 Å². The molecule has 0 N–H and O–H groups in total. The van der Waals surface area contributed by atoms with Gasteiger partial charge in [-0.05, 0) is 0 Å². The van der Waals surface area contributed by atoms with Crippen LogP contribution in [-0.4, -0.2) is 29.4 Å². The Morgan fingerprint density at radius 2 is 2.00 bits per heavy atom. The second-order valence-corrected chi connectivity index (χ2v) is 2.34. The third-order valence-electron chi connectivity index (χ3n) is 1.40. The number of hydrogen-bond acceptors (Lipinski definition) is 5. The molecule has 13 heavy (non-hydrogen) atoms. The Morgan fingerprint density at radius 3 is 2.46 bits per heavy atom. The first-order valence-corrected chi connectivity index (χ1v) is 3.52. The van der Waals surface area contributed by atoms with Gasteiger partial charge in [-0.1, -0.05) is 0 Å². The Bertz CT molecular complexity index is 259. The molecule has 70 valence electrons. The molecule has 0 aromatic carbocycles. The molecule has 1 aliphatic heterocycles. The van der Waals surface area contributed by atoms with Gasteiger partial charge in [-0.15, -0.1) is 5.06 Å². The first kappa shape index (κ1) is 9.30. The van der Waals surface area contributed by atoms with Crippen LogP contribution in [0.25, 0.3) is 5.53 Å². The average molecular weight is 184 g/mol. The second-order valence-electron chi connectivity index (χ2n) is 2.34. The fraction of sp³-hybridized carbons (Fsp3) is 0.500. The standard InChI is InChI=1S/C6H6N3O4/c7-8-3-6(12)13-9-4(10)1-2-5(9)11/h1-3H2/q-1. The molecule has 7 nitrogen and oxygen atoms in total. The van der Waals surface area contributed by atoms with Crippen LogP contribution in [0, 0.1) is 0 Å². The lowest BCUT2D eigenvalue weighted by Gasteiger charge is -2.11. The van der Waals surface area contributed by atoms with E-state index < -0.39 is 24.3 Å². The van der Waals surface area contributed by atoms with Gasteiger partial charge < -0.3 is 15.5 Å². The van der Waals surface area contributed by atoms with Crippen molar-refractivity contribution in [2.24, 2.45) is 5.11 Å². The van der Waals surface area contributed by atoms with Crippen molar-refractivity contribution in [2.45, 2.75) is 12.8 Å². The van der Waals surface area contributed by atoms with E-state index in [0.717, 1.165) is 0 Å². The van der Waals surface area contributed by atoms with Crippen molar-refractivity contribution in [3.63, 3.8) is 0 Å². The smallest absolute Gasteiger partial charge is 0.352 e. The topological polar surface area (TPSA) is 98.3 Å². The van der Waals surface area contributed by atoms with Crippen LogP contribution in [0.5, 0.6) is 0 Å². The van der Waals surface area contributed by atoms with Crippen LogP contribution in [0.15, 0.2) is 5.11 Å². The molecular weight excluding hydrogens is 178 g/mol. The predicted octanol–water partition coefficient (Wildman–Crippen LogP) is -0.385. The Kier molecular flexibility index (Phi) is 2.68. The molecule has 1 heterocycles. The molecule has 0 unspecified atom stereocenters. The zero-order valence-corrected chi connectivity index (χ0v) is 6.60. The number of imide groups is 1. The Labute approximate surface area is 73.1 Å². The van der Waals surface area contributed by atoms with Crippen LogP contribution >= 0.6 is 0 Å². The van der Waals surface area contributed by atoms with Gasteiger partial charge in [0.15, 0.2) is 0 Å². The van der Waals surface area contributed by atoms with Gasteiger partial charge in [-0.25, -0.2) is 4.79 Å². The first-order valence-electron chi connectivity index (χ1n) is 3.52. The zero-order valence-electron chi connectivity index (χ0n) is 6.60. The van der Waals surface area contributed by atoms with Gasteiger partial charge in [0.05, 0.1) is 0 Å². The molecule has 0 radical (unpaired) electrons. The van der Waals surface area contributed by atoms with Crippen molar-refractivity contribution in [1.82, 2.24) is 5.06 Å². The highest BCUT2D eigenvalue weighted by Gasteiger charge is 2.32. The molecule has 1 saturated heterocycles. The number of nitrogens with zero attached hydrogens (tertiary/aromatic N) is 3. The van der Waals surface area contributed by atoms with Crippen molar-refractivity contribution in [3.05, 3.63) is 5.53 Å². The summed E-state index contributed by atoms with van der Waals surface area (Å²) in [5, 5.41) is 2.90. The van der Waals surface area contributed by atoms with Crippen molar-refractivity contribution in [1.29, 1.82) is 0 Å². The van der Waals surface area contributed by atoms with Gasteiger partial charge in [0.25, 0.3) is 11.8 Å². The van der Waals surface area contributed by atoms with Gasteiger partial charge in [0, 0.05) is 12.8 Å². The number of carbonyl (C=O) groups is 3. The maximum absolute atomic E-state index is 10.9. The summed E-state index contributed by atoms with van der Waals surface area (Å²) in [6.07, 6.45) is 0.0881. The summed E-state index contributed by atoms with van der Waals surface area (Å²) in [5.74, 6) is -2.07. The third-order valence-corrected chi connectivity index (χ3v) is 1.40. The Balaban J connectivity index is 2.52.